The molecule has 7 heteroatoms. The summed E-state index contributed by atoms with van der Waals surface area (Å²) in [5, 5.41) is 3.47. The van der Waals surface area contributed by atoms with E-state index in [1.54, 1.807) is 12.1 Å². The van der Waals surface area contributed by atoms with E-state index in [9.17, 15) is 14.0 Å². The van der Waals surface area contributed by atoms with Gasteiger partial charge in [-0.3, -0.25) is 9.59 Å². The Bertz CT molecular complexity index is 797. The van der Waals surface area contributed by atoms with Crippen LogP contribution in [-0.2, 0) is 9.59 Å². The second kappa shape index (κ2) is 6.18. The molecule has 1 N–H and O–H groups in total. The molecule has 1 aliphatic rings. The Kier molecular flexibility index (Phi) is 4.24. The number of nitrogens with zero attached hydrogens (tertiary/aromatic N) is 1. The molecule has 2 aromatic rings. The molecule has 1 heterocycles. The molecule has 118 valence electrons. The second-order valence-electron chi connectivity index (χ2n) is 5.08. The van der Waals surface area contributed by atoms with Crippen molar-refractivity contribution in [3.8, 4) is 0 Å². The Morgan fingerprint density at radius 2 is 1.87 bits per heavy atom. The smallest absolute Gasteiger partial charge is 0.256 e. The van der Waals surface area contributed by atoms with Gasteiger partial charge in [-0.25, -0.2) is 9.29 Å². The molecular weight excluding hydrogens is 342 g/mol. The van der Waals surface area contributed by atoms with Gasteiger partial charge in [0.25, 0.3) is 5.91 Å². The zero-order valence-electron chi connectivity index (χ0n) is 11.7. The Hall–Kier alpha value is -2.11. The van der Waals surface area contributed by atoms with Crippen molar-refractivity contribution in [3.05, 3.63) is 58.3 Å². The zero-order chi connectivity index (χ0) is 16.6. The lowest BCUT2D eigenvalue weighted by Crippen LogP contribution is -2.34. The molecule has 0 radical (unpaired) electrons. The van der Waals surface area contributed by atoms with Gasteiger partial charge in [-0.05, 0) is 36.4 Å². The van der Waals surface area contributed by atoms with Gasteiger partial charge in [-0.2, -0.15) is 0 Å². The van der Waals surface area contributed by atoms with Crippen molar-refractivity contribution < 1.29 is 14.0 Å². The second-order valence-corrected chi connectivity index (χ2v) is 5.89. The third-order valence-corrected chi connectivity index (χ3v) is 4.21. The van der Waals surface area contributed by atoms with Crippen LogP contribution >= 0.6 is 23.2 Å². The van der Waals surface area contributed by atoms with Crippen LogP contribution in [0.2, 0.25) is 10.0 Å². The van der Waals surface area contributed by atoms with Crippen LogP contribution in [-0.4, -0.2) is 17.9 Å². The summed E-state index contributed by atoms with van der Waals surface area (Å²) in [6.45, 7) is 0. The van der Waals surface area contributed by atoms with E-state index in [1.807, 2.05) is 0 Å². The first-order valence-electron chi connectivity index (χ1n) is 6.79. The molecule has 0 bridgehead atoms. The topological polar surface area (TPSA) is 49.4 Å². The number of rotatable bonds is 3. The minimum atomic E-state index is -0.751. The summed E-state index contributed by atoms with van der Waals surface area (Å²) in [6, 6.07) is 9.50. The van der Waals surface area contributed by atoms with Gasteiger partial charge >= 0.3 is 0 Å². The van der Waals surface area contributed by atoms with Crippen LogP contribution in [0.3, 0.4) is 0 Å². The van der Waals surface area contributed by atoms with Gasteiger partial charge in [0.1, 0.15) is 11.9 Å². The van der Waals surface area contributed by atoms with E-state index in [2.05, 4.69) is 5.32 Å². The quantitative estimate of drug-likeness (QED) is 0.852. The highest BCUT2D eigenvalue weighted by atomic mass is 35.5. The lowest BCUT2D eigenvalue weighted by Gasteiger charge is -2.16. The number of nitrogens with one attached hydrogen (secondary N) is 1. The van der Waals surface area contributed by atoms with Crippen molar-refractivity contribution in [3.63, 3.8) is 0 Å². The number of carbonyl (C=O) groups excluding carboxylic acids is 2. The van der Waals surface area contributed by atoms with Gasteiger partial charge in [0.2, 0.25) is 5.91 Å². The lowest BCUT2D eigenvalue weighted by molar-refractivity contribution is -0.121. The van der Waals surface area contributed by atoms with Crippen LogP contribution in [0.1, 0.15) is 6.42 Å². The van der Waals surface area contributed by atoms with Crippen LogP contribution < -0.4 is 10.2 Å². The summed E-state index contributed by atoms with van der Waals surface area (Å²) in [7, 11) is 0. The minimum absolute atomic E-state index is 0.0183. The van der Waals surface area contributed by atoms with Crippen LogP contribution in [0, 0.1) is 5.82 Å². The maximum Gasteiger partial charge on any atom is 0.256 e. The monoisotopic (exact) mass is 352 g/mol. The molecule has 0 aliphatic carbocycles. The third-order valence-electron chi connectivity index (χ3n) is 3.47. The number of hydrogen-bond donors (Lipinski definition) is 1. The van der Waals surface area contributed by atoms with Crippen molar-refractivity contribution in [2.75, 3.05) is 10.2 Å². The van der Waals surface area contributed by atoms with Gasteiger partial charge in [0.15, 0.2) is 0 Å². The molecular formula is C16H11Cl2FN2O2. The Morgan fingerprint density at radius 3 is 2.57 bits per heavy atom. The molecule has 1 aliphatic heterocycles. The molecule has 1 saturated heterocycles. The summed E-state index contributed by atoms with van der Waals surface area (Å²) in [5.41, 5.74) is 0.796. The average Bonchev–Trinajstić information content (AvgIpc) is 2.77. The summed E-state index contributed by atoms with van der Waals surface area (Å²) in [4.78, 5) is 25.7. The summed E-state index contributed by atoms with van der Waals surface area (Å²) < 4.78 is 13.2. The number of anilines is 2. The number of benzene rings is 2. The first kappa shape index (κ1) is 15.8. The fourth-order valence-electron chi connectivity index (χ4n) is 2.42. The predicted molar refractivity (Wildman–Crippen MR) is 87.4 cm³/mol. The molecule has 2 aromatic carbocycles. The van der Waals surface area contributed by atoms with E-state index >= 15 is 0 Å². The molecule has 4 nitrogen and oxygen atoms in total. The Morgan fingerprint density at radius 1 is 1.09 bits per heavy atom. The highest BCUT2D eigenvalue weighted by molar-refractivity contribution is 6.42. The van der Waals surface area contributed by atoms with E-state index in [0.717, 1.165) is 4.90 Å². The van der Waals surface area contributed by atoms with Gasteiger partial charge in [0, 0.05) is 5.69 Å². The molecule has 23 heavy (non-hydrogen) atoms. The predicted octanol–water partition coefficient (Wildman–Crippen LogP) is 3.88. The van der Waals surface area contributed by atoms with Crippen LogP contribution in [0.5, 0.6) is 0 Å². The molecule has 3 rings (SSSR count). The van der Waals surface area contributed by atoms with Crippen LogP contribution in [0.15, 0.2) is 42.5 Å². The highest BCUT2D eigenvalue weighted by Gasteiger charge is 2.39. The summed E-state index contributed by atoms with van der Waals surface area (Å²) >= 11 is 11.8. The van der Waals surface area contributed by atoms with E-state index in [1.165, 1.54) is 30.3 Å². The number of hydrogen-bond acceptors (Lipinski definition) is 3. The van der Waals surface area contributed by atoms with Crippen molar-refractivity contribution in [1.82, 2.24) is 0 Å². The molecule has 1 atom stereocenters. The summed E-state index contributed by atoms with van der Waals surface area (Å²) in [5.74, 6) is -1.20. The first-order chi connectivity index (χ1) is 11.0. The van der Waals surface area contributed by atoms with Crippen LogP contribution in [0.4, 0.5) is 15.8 Å². The number of carbonyl (C=O) groups is 2. The molecule has 0 spiro atoms. The Labute approximate surface area is 141 Å². The SMILES string of the molecule is O=C1C[C@@H](Nc2cccc(F)c2)C(=O)N1c1ccc(Cl)c(Cl)c1. The summed E-state index contributed by atoms with van der Waals surface area (Å²) in [6.07, 6.45) is -0.0183. The van der Waals surface area contributed by atoms with Crippen molar-refractivity contribution in [2.24, 2.45) is 0 Å². The highest BCUT2D eigenvalue weighted by Crippen LogP contribution is 2.30. The fraction of sp³-hybridized carbons (Fsp3) is 0.125. The normalized spacial score (nSPS) is 17.7. The number of halogens is 3. The lowest BCUT2D eigenvalue weighted by atomic mass is 10.2. The molecule has 0 unspecified atom stereocenters. The van der Waals surface area contributed by atoms with Gasteiger partial charge in [-0.1, -0.05) is 29.3 Å². The van der Waals surface area contributed by atoms with E-state index < -0.39 is 17.8 Å². The Balaban J connectivity index is 1.83. The maximum atomic E-state index is 13.2. The minimum Gasteiger partial charge on any atom is -0.373 e. The first-order valence-corrected chi connectivity index (χ1v) is 7.55. The number of amides is 2. The molecule has 2 amide bonds. The molecule has 0 aromatic heterocycles. The third kappa shape index (κ3) is 3.16. The fourth-order valence-corrected chi connectivity index (χ4v) is 2.71. The maximum absolute atomic E-state index is 13.2. The van der Waals surface area contributed by atoms with E-state index in [0.29, 0.717) is 16.4 Å². The van der Waals surface area contributed by atoms with Crippen molar-refractivity contribution in [1.29, 1.82) is 0 Å². The van der Waals surface area contributed by atoms with E-state index in [4.69, 9.17) is 23.2 Å². The zero-order valence-corrected chi connectivity index (χ0v) is 13.2. The van der Waals surface area contributed by atoms with Gasteiger partial charge in [0.05, 0.1) is 22.2 Å². The van der Waals surface area contributed by atoms with Crippen LogP contribution in [0.25, 0.3) is 0 Å². The largest absolute Gasteiger partial charge is 0.373 e. The van der Waals surface area contributed by atoms with Gasteiger partial charge < -0.3 is 5.32 Å². The molecule has 1 fully saturated rings. The average molecular weight is 353 g/mol. The van der Waals surface area contributed by atoms with Crippen molar-refractivity contribution in [2.45, 2.75) is 12.5 Å². The van der Waals surface area contributed by atoms with Crippen molar-refractivity contribution >= 4 is 46.4 Å². The van der Waals surface area contributed by atoms with E-state index in [-0.39, 0.29) is 17.4 Å². The molecule has 0 saturated carbocycles. The standard InChI is InChI=1S/C16H11Cl2FN2O2/c17-12-5-4-11(7-13(12)18)21-15(22)8-14(16(21)23)20-10-3-1-2-9(19)6-10/h1-7,14,20H,8H2/t14-/m1/s1. The van der Waals surface area contributed by atoms with Gasteiger partial charge in [-0.15, -0.1) is 0 Å². The number of imide groups is 1.